The summed E-state index contributed by atoms with van der Waals surface area (Å²) in [6, 6.07) is 5.90. The molecular weight excluding hydrogens is 236 g/mol. The fourth-order valence-electron chi connectivity index (χ4n) is 2.35. The summed E-state index contributed by atoms with van der Waals surface area (Å²) in [4.78, 5) is 2.33. The van der Waals surface area contributed by atoms with Crippen molar-refractivity contribution < 1.29 is 4.74 Å². The van der Waals surface area contributed by atoms with Crippen molar-refractivity contribution in [1.82, 2.24) is 0 Å². The highest BCUT2D eigenvalue weighted by Crippen LogP contribution is 2.27. The molecule has 17 heavy (non-hydrogen) atoms. The smallest absolute Gasteiger partial charge is 0.0746 e. The second kappa shape index (κ2) is 5.71. The molecule has 1 aliphatic heterocycles. The van der Waals surface area contributed by atoms with Crippen LogP contribution in [0.5, 0.6) is 0 Å². The number of hydrogen-bond acceptors (Lipinski definition) is 3. The molecule has 1 aromatic carbocycles. The summed E-state index contributed by atoms with van der Waals surface area (Å²) >= 11 is 6.06. The lowest BCUT2D eigenvalue weighted by Gasteiger charge is -2.34. The van der Waals surface area contributed by atoms with Crippen LogP contribution < -0.4 is 10.6 Å². The van der Waals surface area contributed by atoms with Crippen LogP contribution in [0.4, 0.5) is 5.69 Å². The van der Waals surface area contributed by atoms with Gasteiger partial charge in [-0.2, -0.15) is 0 Å². The molecule has 1 unspecified atom stereocenters. The van der Waals surface area contributed by atoms with Gasteiger partial charge in [0.1, 0.15) is 0 Å². The third-order valence-electron chi connectivity index (χ3n) is 3.32. The van der Waals surface area contributed by atoms with Crippen molar-refractivity contribution >= 4 is 17.3 Å². The van der Waals surface area contributed by atoms with Gasteiger partial charge in [-0.15, -0.1) is 0 Å². The number of halogens is 1. The first-order valence-corrected chi connectivity index (χ1v) is 6.38. The molecule has 0 saturated carbocycles. The highest BCUT2D eigenvalue weighted by molar-refractivity contribution is 6.30. The number of piperidine rings is 1. The molecule has 0 bridgehead atoms. The highest BCUT2D eigenvalue weighted by Gasteiger charge is 2.21. The third-order valence-corrected chi connectivity index (χ3v) is 3.55. The Balaban J connectivity index is 2.22. The van der Waals surface area contributed by atoms with Gasteiger partial charge in [0.25, 0.3) is 0 Å². The van der Waals surface area contributed by atoms with E-state index in [-0.39, 0.29) is 0 Å². The van der Waals surface area contributed by atoms with Gasteiger partial charge in [0.2, 0.25) is 0 Å². The van der Waals surface area contributed by atoms with E-state index in [1.54, 1.807) is 7.11 Å². The first-order valence-electron chi connectivity index (χ1n) is 6.01. The van der Waals surface area contributed by atoms with Gasteiger partial charge in [0, 0.05) is 37.5 Å². The highest BCUT2D eigenvalue weighted by atomic mass is 35.5. The van der Waals surface area contributed by atoms with E-state index in [1.165, 1.54) is 0 Å². The van der Waals surface area contributed by atoms with E-state index in [2.05, 4.69) is 4.90 Å². The normalized spacial score (nSPS) is 20.6. The van der Waals surface area contributed by atoms with Crippen LogP contribution in [-0.2, 0) is 11.3 Å². The van der Waals surface area contributed by atoms with Gasteiger partial charge in [-0.05, 0) is 30.5 Å². The minimum atomic E-state index is 0.313. The summed E-state index contributed by atoms with van der Waals surface area (Å²) in [6.07, 6.45) is 2.59. The first-order chi connectivity index (χ1) is 8.24. The van der Waals surface area contributed by atoms with E-state index in [1.807, 2.05) is 18.2 Å². The van der Waals surface area contributed by atoms with E-state index in [0.717, 1.165) is 42.2 Å². The minimum absolute atomic E-state index is 0.313. The molecule has 4 heteroatoms. The predicted octanol–water partition coefficient (Wildman–Crippen LogP) is 2.41. The number of hydrogen-bond donors (Lipinski definition) is 1. The molecule has 0 amide bonds. The lowest BCUT2D eigenvalue weighted by atomic mass is 10.1. The third kappa shape index (κ3) is 2.92. The Hall–Kier alpha value is -0.770. The molecule has 94 valence electrons. The molecule has 1 aliphatic rings. The van der Waals surface area contributed by atoms with Gasteiger partial charge >= 0.3 is 0 Å². The van der Waals surface area contributed by atoms with Gasteiger partial charge < -0.3 is 15.4 Å². The summed E-state index contributed by atoms with van der Waals surface area (Å²) in [5, 5.41) is 0.761. The Morgan fingerprint density at radius 1 is 1.53 bits per heavy atom. The second-order valence-corrected chi connectivity index (χ2v) is 4.86. The Kier molecular flexibility index (Phi) is 4.26. The van der Waals surface area contributed by atoms with E-state index in [9.17, 15) is 0 Å². The fraction of sp³-hybridized carbons (Fsp3) is 0.538. The van der Waals surface area contributed by atoms with Crippen molar-refractivity contribution in [3.63, 3.8) is 0 Å². The summed E-state index contributed by atoms with van der Waals surface area (Å²) < 4.78 is 5.44. The molecular formula is C13H19ClN2O. The monoisotopic (exact) mass is 254 g/mol. The number of rotatable bonds is 3. The van der Waals surface area contributed by atoms with Crippen LogP contribution in [0.15, 0.2) is 18.2 Å². The van der Waals surface area contributed by atoms with Crippen molar-refractivity contribution in [3.05, 3.63) is 28.8 Å². The maximum absolute atomic E-state index is 6.06. The molecule has 0 aliphatic carbocycles. The average molecular weight is 255 g/mol. The van der Waals surface area contributed by atoms with Crippen molar-refractivity contribution in [3.8, 4) is 0 Å². The number of benzene rings is 1. The predicted molar refractivity (Wildman–Crippen MR) is 71.6 cm³/mol. The zero-order valence-electron chi connectivity index (χ0n) is 10.2. The molecule has 3 nitrogen and oxygen atoms in total. The van der Waals surface area contributed by atoms with Crippen LogP contribution in [-0.4, -0.2) is 26.3 Å². The van der Waals surface area contributed by atoms with E-state index in [4.69, 9.17) is 22.1 Å². The Labute approximate surface area is 107 Å². The number of ether oxygens (including phenoxy) is 1. The van der Waals surface area contributed by atoms with Gasteiger partial charge in [-0.1, -0.05) is 17.7 Å². The molecule has 1 saturated heterocycles. The SMILES string of the molecule is COC1CCCN(c2cc(Cl)ccc2CN)C1. The largest absolute Gasteiger partial charge is 0.380 e. The molecule has 1 aromatic rings. The summed E-state index contributed by atoms with van der Waals surface area (Å²) in [6.45, 7) is 2.51. The maximum atomic E-state index is 6.06. The zero-order chi connectivity index (χ0) is 12.3. The Morgan fingerprint density at radius 2 is 2.35 bits per heavy atom. The van der Waals surface area contributed by atoms with Crippen LogP contribution in [0.2, 0.25) is 5.02 Å². The van der Waals surface area contributed by atoms with Crippen LogP contribution in [0, 0.1) is 0 Å². The van der Waals surface area contributed by atoms with Crippen LogP contribution in [0.1, 0.15) is 18.4 Å². The van der Waals surface area contributed by atoms with Crippen molar-refractivity contribution in [2.45, 2.75) is 25.5 Å². The van der Waals surface area contributed by atoms with E-state index < -0.39 is 0 Å². The van der Waals surface area contributed by atoms with Crippen molar-refractivity contribution in [1.29, 1.82) is 0 Å². The average Bonchev–Trinajstić information content (AvgIpc) is 2.39. The standard InChI is InChI=1S/C13H19ClN2O/c1-17-12-3-2-6-16(9-12)13-7-11(14)5-4-10(13)8-15/h4-5,7,12H,2-3,6,8-9,15H2,1H3. The van der Waals surface area contributed by atoms with Gasteiger partial charge in [-0.3, -0.25) is 0 Å². The molecule has 2 rings (SSSR count). The zero-order valence-corrected chi connectivity index (χ0v) is 10.9. The van der Waals surface area contributed by atoms with Crippen LogP contribution in [0.3, 0.4) is 0 Å². The lowest BCUT2D eigenvalue weighted by molar-refractivity contribution is 0.0893. The van der Waals surface area contributed by atoms with Crippen LogP contribution >= 0.6 is 11.6 Å². The molecule has 0 spiro atoms. The number of anilines is 1. The van der Waals surface area contributed by atoms with Gasteiger partial charge in [0.15, 0.2) is 0 Å². The first kappa shape index (κ1) is 12.7. The fourth-order valence-corrected chi connectivity index (χ4v) is 2.52. The lowest BCUT2D eigenvalue weighted by Crippen LogP contribution is -2.39. The van der Waals surface area contributed by atoms with E-state index in [0.29, 0.717) is 12.6 Å². The number of nitrogens with two attached hydrogens (primary N) is 1. The molecule has 1 atom stereocenters. The Bertz CT molecular complexity index is 384. The van der Waals surface area contributed by atoms with E-state index >= 15 is 0 Å². The topological polar surface area (TPSA) is 38.5 Å². The number of methoxy groups -OCH3 is 1. The number of nitrogens with zero attached hydrogens (tertiary/aromatic N) is 1. The summed E-state index contributed by atoms with van der Waals surface area (Å²) in [5.74, 6) is 0. The minimum Gasteiger partial charge on any atom is -0.380 e. The van der Waals surface area contributed by atoms with Gasteiger partial charge in [0.05, 0.1) is 6.10 Å². The molecule has 1 heterocycles. The summed E-state index contributed by atoms with van der Waals surface area (Å²) in [5.41, 5.74) is 8.07. The molecule has 2 N–H and O–H groups in total. The van der Waals surface area contributed by atoms with Crippen LogP contribution in [0.25, 0.3) is 0 Å². The van der Waals surface area contributed by atoms with Crippen molar-refractivity contribution in [2.24, 2.45) is 5.73 Å². The molecule has 0 radical (unpaired) electrons. The Morgan fingerprint density at radius 3 is 3.06 bits per heavy atom. The maximum Gasteiger partial charge on any atom is 0.0746 e. The van der Waals surface area contributed by atoms with Gasteiger partial charge in [-0.25, -0.2) is 0 Å². The van der Waals surface area contributed by atoms with Crippen molar-refractivity contribution in [2.75, 3.05) is 25.1 Å². The summed E-state index contributed by atoms with van der Waals surface area (Å²) in [7, 11) is 1.77. The molecule has 1 fully saturated rings. The quantitative estimate of drug-likeness (QED) is 0.900. The second-order valence-electron chi connectivity index (χ2n) is 4.42. The molecule has 0 aromatic heterocycles.